The lowest BCUT2D eigenvalue weighted by atomic mass is 10.1. The fraction of sp³-hybridized carbons (Fsp3) is 0.933. The SMILES string of the molecule is CCCCCCCCNCCC(=O)N1CCOCC1. The molecule has 0 atom stereocenters. The molecule has 0 aromatic carbocycles. The maximum atomic E-state index is 11.8. The Labute approximate surface area is 117 Å². The Kier molecular flexibility index (Phi) is 9.72. The van der Waals surface area contributed by atoms with Gasteiger partial charge in [-0.25, -0.2) is 0 Å². The molecule has 1 fully saturated rings. The molecule has 0 aliphatic carbocycles. The third kappa shape index (κ3) is 8.22. The number of carbonyl (C=O) groups is 1. The van der Waals surface area contributed by atoms with Gasteiger partial charge in [0.15, 0.2) is 0 Å². The fourth-order valence-electron chi connectivity index (χ4n) is 2.32. The van der Waals surface area contributed by atoms with Gasteiger partial charge in [-0.05, 0) is 13.0 Å². The normalized spacial score (nSPS) is 15.7. The minimum atomic E-state index is 0.263. The quantitative estimate of drug-likeness (QED) is 0.619. The highest BCUT2D eigenvalue weighted by molar-refractivity contribution is 5.76. The first-order valence-electron chi connectivity index (χ1n) is 7.91. The van der Waals surface area contributed by atoms with E-state index in [1.165, 1.54) is 38.5 Å². The lowest BCUT2D eigenvalue weighted by Gasteiger charge is -2.26. The largest absolute Gasteiger partial charge is 0.378 e. The second-order valence-electron chi connectivity index (χ2n) is 5.26. The summed E-state index contributed by atoms with van der Waals surface area (Å²) in [6.45, 7) is 7.00. The molecule has 1 amide bonds. The first-order valence-corrected chi connectivity index (χ1v) is 7.91. The number of carbonyl (C=O) groups excluding carboxylic acids is 1. The van der Waals surface area contributed by atoms with Crippen LogP contribution in [0, 0.1) is 0 Å². The van der Waals surface area contributed by atoms with Crippen LogP contribution in [0.5, 0.6) is 0 Å². The van der Waals surface area contributed by atoms with E-state index in [1.54, 1.807) is 0 Å². The van der Waals surface area contributed by atoms with Crippen molar-refractivity contribution in [2.45, 2.75) is 51.9 Å². The number of rotatable bonds is 10. The summed E-state index contributed by atoms with van der Waals surface area (Å²) < 4.78 is 5.24. The van der Waals surface area contributed by atoms with Crippen molar-refractivity contribution in [1.29, 1.82) is 0 Å². The van der Waals surface area contributed by atoms with Crippen LogP contribution in [0.15, 0.2) is 0 Å². The minimum Gasteiger partial charge on any atom is -0.378 e. The molecule has 0 spiro atoms. The van der Waals surface area contributed by atoms with E-state index < -0.39 is 0 Å². The van der Waals surface area contributed by atoms with Gasteiger partial charge in [0.1, 0.15) is 0 Å². The van der Waals surface area contributed by atoms with Crippen LogP contribution in [0.1, 0.15) is 51.9 Å². The maximum absolute atomic E-state index is 11.8. The summed E-state index contributed by atoms with van der Waals surface area (Å²) >= 11 is 0. The highest BCUT2D eigenvalue weighted by atomic mass is 16.5. The first-order chi connectivity index (χ1) is 9.34. The van der Waals surface area contributed by atoms with Gasteiger partial charge in [0.25, 0.3) is 0 Å². The van der Waals surface area contributed by atoms with Gasteiger partial charge in [-0.3, -0.25) is 4.79 Å². The van der Waals surface area contributed by atoms with E-state index in [9.17, 15) is 4.79 Å². The molecule has 4 heteroatoms. The van der Waals surface area contributed by atoms with Crippen molar-refractivity contribution < 1.29 is 9.53 Å². The van der Waals surface area contributed by atoms with Crippen molar-refractivity contribution in [3.8, 4) is 0 Å². The predicted octanol–water partition coefficient (Wildman–Crippen LogP) is 2.19. The predicted molar refractivity (Wildman–Crippen MR) is 78.3 cm³/mol. The van der Waals surface area contributed by atoms with Crippen LogP contribution in [0.25, 0.3) is 0 Å². The summed E-state index contributed by atoms with van der Waals surface area (Å²) in [7, 11) is 0. The summed E-state index contributed by atoms with van der Waals surface area (Å²) in [5, 5.41) is 3.37. The van der Waals surface area contributed by atoms with Crippen molar-refractivity contribution in [1.82, 2.24) is 10.2 Å². The average Bonchev–Trinajstić information content (AvgIpc) is 2.46. The Bertz CT molecular complexity index is 228. The molecule has 4 nitrogen and oxygen atoms in total. The molecule has 1 aliphatic rings. The number of ether oxygens (including phenoxy) is 1. The van der Waals surface area contributed by atoms with Gasteiger partial charge in [0, 0.05) is 26.1 Å². The Morgan fingerprint density at radius 2 is 1.74 bits per heavy atom. The van der Waals surface area contributed by atoms with Crippen LogP contribution < -0.4 is 5.32 Å². The number of amides is 1. The minimum absolute atomic E-state index is 0.263. The number of morpholine rings is 1. The lowest BCUT2D eigenvalue weighted by Crippen LogP contribution is -2.41. The zero-order valence-corrected chi connectivity index (χ0v) is 12.5. The van der Waals surface area contributed by atoms with E-state index in [0.717, 1.165) is 26.2 Å². The van der Waals surface area contributed by atoms with E-state index in [4.69, 9.17) is 4.74 Å². The summed E-state index contributed by atoms with van der Waals surface area (Å²) in [5.41, 5.74) is 0. The molecular formula is C15H30N2O2. The highest BCUT2D eigenvalue weighted by Gasteiger charge is 2.15. The Morgan fingerprint density at radius 3 is 2.47 bits per heavy atom. The molecule has 0 aromatic heterocycles. The van der Waals surface area contributed by atoms with Gasteiger partial charge < -0.3 is 15.0 Å². The molecule has 0 bridgehead atoms. The van der Waals surface area contributed by atoms with Gasteiger partial charge >= 0.3 is 0 Å². The molecule has 0 aromatic rings. The molecule has 1 aliphatic heterocycles. The molecule has 1 rings (SSSR count). The number of hydrogen-bond acceptors (Lipinski definition) is 3. The topological polar surface area (TPSA) is 41.6 Å². The van der Waals surface area contributed by atoms with E-state index in [0.29, 0.717) is 19.6 Å². The molecule has 112 valence electrons. The average molecular weight is 270 g/mol. The molecule has 1 heterocycles. The Balaban J connectivity index is 1.86. The lowest BCUT2D eigenvalue weighted by molar-refractivity contribution is -0.135. The summed E-state index contributed by atoms with van der Waals surface area (Å²) in [5.74, 6) is 0.263. The zero-order chi connectivity index (χ0) is 13.8. The van der Waals surface area contributed by atoms with Crippen molar-refractivity contribution in [2.75, 3.05) is 39.4 Å². The second kappa shape index (κ2) is 11.2. The van der Waals surface area contributed by atoms with Crippen LogP contribution >= 0.6 is 0 Å². The summed E-state index contributed by atoms with van der Waals surface area (Å²) in [4.78, 5) is 13.7. The third-order valence-electron chi connectivity index (χ3n) is 3.59. The van der Waals surface area contributed by atoms with Crippen molar-refractivity contribution in [3.63, 3.8) is 0 Å². The molecule has 1 N–H and O–H groups in total. The molecule has 0 unspecified atom stereocenters. The van der Waals surface area contributed by atoms with E-state index >= 15 is 0 Å². The van der Waals surface area contributed by atoms with Crippen molar-refractivity contribution in [3.05, 3.63) is 0 Å². The Morgan fingerprint density at radius 1 is 1.05 bits per heavy atom. The number of nitrogens with one attached hydrogen (secondary N) is 1. The third-order valence-corrected chi connectivity index (χ3v) is 3.59. The van der Waals surface area contributed by atoms with E-state index in [2.05, 4.69) is 12.2 Å². The molecule has 19 heavy (non-hydrogen) atoms. The standard InChI is InChI=1S/C15H30N2O2/c1-2-3-4-5-6-7-9-16-10-8-15(18)17-11-13-19-14-12-17/h16H,2-14H2,1H3. The van der Waals surface area contributed by atoms with Gasteiger partial charge in [-0.1, -0.05) is 39.0 Å². The second-order valence-corrected chi connectivity index (χ2v) is 5.26. The number of hydrogen-bond donors (Lipinski definition) is 1. The van der Waals surface area contributed by atoms with Gasteiger partial charge in [-0.15, -0.1) is 0 Å². The van der Waals surface area contributed by atoms with Crippen molar-refractivity contribution >= 4 is 5.91 Å². The van der Waals surface area contributed by atoms with Crippen LogP contribution in [0.4, 0.5) is 0 Å². The highest BCUT2D eigenvalue weighted by Crippen LogP contribution is 2.04. The van der Waals surface area contributed by atoms with Gasteiger partial charge in [-0.2, -0.15) is 0 Å². The molecule has 0 radical (unpaired) electrons. The smallest absolute Gasteiger partial charge is 0.224 e. The fourth-order valence-corrected chi connectivity index (χ4v) is 2.32. The molecule has 1 saturated heterocycles. The maximum Gasteiger partial charge on any atom is 0.224 e. The van der Waals surface area contributed by atoms with E-state index in [-0.39, 0.29) is 5.91 Å². The zero-order valence-electron chi connectivity index (χ0n) is 12.5. The van der Waals surface area contributed by atoms with Gasteiger partial charge in [0.05, 0.1) is 13.2 Å². The Hall–Kier alpha value is -0.610. The van der Waals surface area contributed by atoms with Crippen molar-refractivity contribution in [2.24, 2.45) is 0 Å². The van der Waals surface area contributed by atoms with E-state index in [1.807, 2.05) is 4.90 Å². The summed E-state index contributed by atoms with van der Waals surface area (Å²) in [6, 6.07) is 0. The van der Waals surface area contributed by atoms with Crippen LogP contribution in [-0.2, 0) is 9.53 Å². The monoisotopic (exact) mass is 270 g/mol. The molecular weight excluding hydrogens is 240 g/mol. The summed E-state index contributed by atoms with van der Waals surface area (Å²) in [6.07, 6.45) is 8.55. The number of nitrogens with zero attached hydrogens (tertiary/aromatic N) is 1. The van der Waals surface area contributed by atoms with Crippen LogP contribution in [0.2, 0.25) is 0 Å². The molecule has 0 saturated carbocycles. The van der Waals surface area contributed by atoms with Crippen LogP contribution in [-0.4, -0.2) is 50.2 Å². The first kappa shape index (κ1) is 16.4. The number of unbranched alkanes of at least 4 members (excludes halogenated alkanes) is 5. The van der Waals surface area contributed by atoms with Gasteiger partial charge in [0.2, 0.25) is 5.91 Å². The van der Waals surface area contributed by atoms with Crippen LogP contribution in [0.3, 0.4) is 0 Å².